The van der Waals surface area contributed by atoms with Crippen LogP contribution in [0.3, 0.4) is 0 Å². The Bertz CT molecular complexity index is 1640. The molecule has 9 nitrogen and oxygen atoms in total. The van der Waals surface area contributed by atoms with E-state index < -0.39 is 51.6 Å². The van der Waals surface area contributed by atoms with Crippen LogP contribution in [0, 0.1) is 11.6 Å². The summed E-state index contributed by atoms with van der Waals surface area (Å²) in [5.74, 6) is -5.75. The third kappa shape index (κ3) is 7.08. The molecule has 0 spiro atoms. The van der Waals surface area contributed by atoms with Crippen LogP contribution >= 0.6 is 0 Å². The first-order chi connectivity index (χ1) is 19.6. The minimum absolute atomic E-state index is 0.117. The van der Waals surface area contributed by atoms with Gasteiger partial charge in [0, 0.05) is 37.0 Å². The van der Waals surface area contributed by atoms with E-state index in [1.165, 1.54) is 18.5 Å². The van der Waals surface area contributed by atoms with Crippen LogP contribution in [0.4, 0.5) is 40.7 Å². The lowest BCUT2D eigenvalue weighted by atomic mass is 10.0. The number of pyridine rings is 1. The number of rotatable bonds is 9. The fourth-order valence-electron chi connectivity index (χ4n) is 4.36. The van der Waals surface area contributed by atoms with Crippen LogP contribution in [-0.4, -0.2) is 48.4 Å². The Hall–Kier alpha value is -4.30. The van der Waals surface area contributed by atoms with Gasteiger partial charge in [-0.05, 0) is 35.9 Å². The standard InChI is InChI=1S/C27H25F4N7O2S/c28-23-21(8-9-22(24(23)29)38-41(39,40)15-17-5-2-1-3-6-17)36-25-19(7-4-11-33-25)20-10-12-34-26(37-20)35-18-13-27(30,31)16-32-14-18/h1-12,18,32,38H,13-16H2,(H,33,36)(H,34,35,37)/t18-/m0/s1. The maximum atomic E-state index is 15.1. The molecule has 1 atom stereocenters. The molecule has 0 radical (unpaired) electrons. The first-order valence-electron chi connectivity index (χ1n) is 12.5. The van der Waals surface area contributed by atoms with Gasteiger partial charge in [-0.3, -0.25) is 4.72 Å². The maximum Gasteiger partial charge on any atom is 0.262 e. The zero-order chi connectivity index (χ0) is 29.0. The van der Waals surface area contributed by atoms with E-state index in [-0.39, 0.29) is 23.9 Å². The van der Waals surface area contributed by atoms with Gasteiger partial charge in [-0.15, -0.1) is 0 Å². The average molecular weight is 588 g/mol. The van der Waals surface area contributed by atoms with Gasteiger partial charge in [-0.25, -0.2) is 40.9 Å². The second kappa shape index (κ2) is 11.7. The molecule has 0 amide bonds. The zero-order valence-electron chi connectivity index (χ0n) is 21.4. The molecular weight excluding hydrogens is 562 g/mol. The van der Waals surface area contributed by atoms with Crippen molar-refractivity contribution >= 4 is 33.2 Å². The molecule has 14 heteroatoms. The van der Waals surface area contributed by atoms with Gasteiger partial charge in [0.05, 0.1) is 29.4 Å². The molecule has 1 saturated heterocycles. The molecule has 3 heterocycles. The second-order valence-electron chi connectivity index (χ2n) is 9.46. The summed E-state index contributed by atoms with van der Waals surface area (Å²) in [6.45, 7) is -0.0827. The Morgan fingerprint density at radius 2 is 1.68 bits per heavy atom. The van der Waals surface area contributed by atoms with Gasteiger partial charge in [0.2, 0.25) is 16.0 Å². The van der Waals surface area contributed by atoms with Gasteiger partial charge in [-0.1, -0.05) is 30.3 Å². The molecule has 0 bridgehead atoms. The molecule has 0 unspecified atom stereocenters. The molecule has 1 aliphatic heterocycles. The van der Waals surface area contributed by atoms with Crippen LogP contribution in [-0.2, 0) is 15.8 Å². The lowest BCUT2D eigenvalue weighted by Gasteiger charge is -2.30. The van der Waals surface area contributed by atoms with Crippen LogP contribution in [0.1, 0.15) is 12.0 Å². The Kier molecular flexibility index (Phi) is 8.03. The number of anilines is 4. The van der Waals surface area contributed by atoms with Crippen molar-refractivity contribution < 1.29 is 26.0 Å². The Morgan fingerprint density at radius 1 is 0.927 bits per heavy atom. The molecule has 4 N–H and O–H groups in total. The third-order valence-electron chi connectivity index (χ3n) is 6.19. The highest BCUT2D eigenvalue weighted by atomic mass is 32.2. The van der Waals surface area contributed by atoms with E-state index in [4.69, 9.17) is 0 Å². The lowest BCUT2D eigenvalue weighted by molar-refractivity contribution is -0.0244. The van der Waals surface area contributed by atoms with Gasteiger partial charge < -0.3 is 16.0 Å². The fraction of sp³-hybridized carbons (Fsp3) is 0.222. The van der Waals surface area contributed by atoms with Crippen molar-refractivity contribution in [3.05, 3.63) is 90.3 Å². The first kappa shape index (κ1) is 28.2. The molecule has 1 fully saturated rings. The summed E-state index contributed by atoms with van der Waals surface area (Å²) in [6.07, 6.45) is 2.49. The number of aromatic nitrogens is 3. The fourth-order valence-corrected chi connectivity index (χ4v) is 5.55. The van der Waals surface area contributed by atoms with E-state index in [9.17, 15) is 21.6 Å². The predicted octanol–water partition coefficient (Wildman–Crippen LogP) is 4.91. The van der Waals surface area contributed by atoms with Crippen LogP contribution in [0.15, 0.2) is 73.1 Å². The van der Waals surface area contributed by atoms with Gasteiger partial charge >= 0.3 is 0 Å². The highest BCUT2D eigenvalue weighted by Gasteiger charge is 2.36. The van der Waals surface area contributed by atoms with E-state index in [0.717, 1.165) is 6.07 Å². The Morgan fingerprint density at radius 3 is 2.46 bits per heavy atom. The summed E-state index contributed by atoms with van der Waals surface area (Å²) in [7, 11) is -4.02. The average Bonchev–Trinajstić information content (AvgIpc) is 2.93. The number of sulfonamides is 1. The molecule has 2 aromatic heterocycles. The van der Waals surface area contributed by atoms with E-state index >= 15 is 4.39 Å². The van der Waals surface area contributed by atoms with Gasteiger partial charge in [0.1, 0.15) is 5.82 Å². The van der Waals surface area contributed by atoms with Crippen molar-refractivity contribution in [1.82, 2.24) is 20.3 Å². The van der Waals surface area contributed by atoms with E-state index in [2.05, 4.69) is 35.6 Å². The van der Waals surface area contributed by atoms with Crippen LogP contribution < -0.4 is 20.7 Å². The van der Waals surface area contributed by atoms with Gasteiger partial charge in [-0.2, -0.15) is 0 Å². The smallest absolute Gasteiger partial charge is 0.262 e. The zero-order valence-corrected chi connectivity index (χ0v) is 22.2. The molecule has 214 valence electrons. The number of hydrogen-bond acceptors (Lipinski definition) is 8. The van der Waals surface area contributed by atoms with Crippen LogP contribution in [0.5, 0.6) is 0 Å². The molecular formula is C27H25F4N7O2S. The molecule has 41 heavy (non-hydrogen) atoms. The quantitative estimate of drug-likeness (QED) is 0.204. The van der Waals surface area contributed by atoms with Crippen molar-refractivity contribution in [3.63, 3.8) is 0 Å². The molecule has 1 aliphatic rings. The largest absolute Gasteiger partial charge is 0.350 e. The monoisotopic (exact) mass is 587 g/mol. The summed E-state index contributed by atoms with van der Waals surface area (Å²) >= 11 is 0. The lowest BCUT2D eigenvalue weighted by Crippen LogP contribution is -2.49. The highest BCUT2D eigenvalue weighted by molar-refractivity contribution is 7.91. The van der Waals surface area contributed by atoms with Crippen molar-refractivity contribution in [2.24, 2.45) is 0 Å². The van der Waals surface area contributed by atoms with Crippen molar-refractivity contribution in [3.8, 4) is 11.3 Å². The molecule has 5 rings (SSSR count). The minimum Gasteiger partial charge on any atom is -0.350 e. The molecule has 0 saturated carbocycles. The van der Waals surface area contributed by atoms with Gasteiger partial charge in [0.15, 0.2) is 11.6 Å². The number of nitrogens with zero attached hydrogens (tertiary/aromatic N) is 3. The first-order valence-corrected chi connectivity index (χ1v) is 14.2. The highest BCUT2D eigenvalue weighted by Crippen LogP contribution is 2.32. The summed E-state index contributed by atoms with van der Waals surface area (Å²) in [5, 5.41) is 8.30. The molecule has 0 aliphatic carbocycles. The van der Waals surface area contributed by atoms with Gasteiger partial charge in [0.25, 0.3) is 5.92 Å². The number of nitrogens with one attached hydrogen (secondary N) is 4. The maximum absolute atomic E-state index is 15.1. The topological polar surface area (TPSA) is 121 Å². The number of halogens is 4. The Labute approximate surface area is 233 Å². The van der Waals surface area contributed by atoms with Crippen molar-refractivity contribution in [1.29, 1.82) is 0 Å². The SMILES string of the molecule is O=S(=O)(Cc1ccccc1)Nc1ccc(Nc2ncccc2-c2ccnc(N[C@@H]3CNCC(F)(F)C3)n2)c(F)c1F. The number of piperidine rings is 1. The summed E-state index contributed by atoms with van der Waals surface area (Å²) in [6, 6.07) is 14.8. The normalized spacial score (nSPS) is 16.6. The number of hydrogen-bond donors (Lipinski definition) is 4. The van der Waals surface area contributed by atoms with E-state index in [1.807, 2.05) is 0 Å². The van der Waals surface area contributed by atoms with Crippen molar-refractivity contribution in [2.45, 2.75) is 24.1 Å². The predicted molar refractivity (Wildman–Crippen MR) is 147 cm³/mol. The third-order valence-corrected chi connectivity index (χ3v) is 7.44. The number of alkyl halides is 2. The van der Waals surface area contributed by atoms with E-state index in [0.29, 0.717) is 23.4 Å². The van der Waals surface area contributed by atoms with E-state index in [1.54, 1.807) is 48.5 Å². The van der Waals surface area contributed by atoms with Crippen LogP contribution in [0.2, 0.25) is 0 Å². The second-order valence-corrected chi connectivity index (χ2v) is 11.2. The van der Waals surface area contributed by atoms with Crippen LogP contribution in [0.25, 0.3) is 11.3 Å². The number of benzene rings is 2. The molecule has 4 aromatic rings. The molecule has 2 aromatic carbocycles. The summed E-state index contributed by atoms with van der Waals surface area (Å²) in [4.78, 5) is 12.7. The summed E-state index contributed by atoms with van der Waals surface area (Å²) in [5.41, 5.74) is 0.395. The minimum atomic E-state index is -4.02. The Balaban J connectivity index is 1.34. The summed E-state index contributed by atoms with van der Waals surface area (Å²) < 4.78 is 84.6. The van der Waals surface area contributed by atoms with Crippen molar-refractivity contribution in [2.75, 3.05) is 28.4 Å².